The monoisotopic (exact) mass is 1060 g/mol. The predicted molar refractivity (Wildman–Crippen MR) is 282 cm³/mol. The second-order valence-electron chi connectivity index (χ2n) is 20.1. The first-order valence-corrected chi connectivity index (χ1v) is 26.6. The van der Waals surface area contributed by atoms with Gasteiger partial charge in [-0.15, -0.1) is 0 Å². The lowest BCUT2D eigenvalue weighted by Crippen LogP contribution is -2.61. The molecule has 0 spiro atoms. The highest BCUT2D eigenvalue weighted by Crippen LogP contribution is 2.13. The van der Waals surface area contributed by atoms with Gasteiger partial charge in [0, 0.05) is 13.0 Å². The van der Waals surface area contributed by atoms with Gasteiger partial charge in [-0.1, -0.05) is 97.1 Å². The van der Waals surface area contributed by atoms with Gasteiger partial charge in [0.15, 0.2) is 0 Å². The number of nitrogens with one attached hydrogen (secondary N) is 9. The molecule has 1 aliphatic heterocycles. The van der Waals surface area contributed by atoms with Crippen molar-refractivity contribution in [1.29, 1.82) is 0 Å². The van der Waals surface area contributed by atoms with Gasteiger partial charge in [0.2, 0.25) is 53.2 Å². The van der Waals surface area contributed by atoms with Crippen LogP contribution in [0.5, 0.6) is 0 Å². The Labute approximate surface area is 441 Å². The maximum absolute atomic E-state index is 14.4. The lowest BCUT2D eigenvalue weighted by molar-refractivity contribution is -0.136. The van der Waals surface area contributed by atoms with Gasteiger partial charge < -0.3 is 75.0 Å². The topological polar surface area (TPSA) is 395 Å². The van der Waals surface area contributed by atoms with E-state index in [4.69, 9.17) is 27.9 Å². The summed E-state index contributed by atoms with van der Waals surface area (Å²) in [5.41, 5.74) is 18.3. The SMILES string of the molecule is CCCCCCC[C@@H](O)CC(=O)N[C@H](CON)C(=O)N[C@H]1CCNC(=O)[C@H](CC(C)C)NC(=O)[C@H](CCCN)NC(=O)[C@H](CCN)NC(=O)[C@H](CC(C)C)NC(=O)[C@@H](Cc2ccccc2)NC(=O)[C@H](CCN)NC1=O. The van der Waals surface area contributed by atoms with Crippen LogP contribution < -0.4 is 70.9 Å². The summed E-state index contributed by atoms with van der Waals surface area (Å²) in [4.78, 5) is 131. The van der Waals surface area contributed by atoms with E-state index in [1.807, 2.05) is 27.7 Å². The minimum atomic E-state index is -1.52. The van der Waals surface area contributed by atoms with Crippen LogP contribution in [0.3, 0.4) is 0 Å². The molecule has 1 heterocycles. The minimum absolute atomic E-state index is 0.0459. The van der Waals surface area contributed by atoms with Gasteiger partial charge >= 0.3 is 0 Å². The van der Waals surface area contributed by atoms with Crippen molar-refractivity contribution >= 4 is 53.2 Å². The Morgan fingerprint density at radius 3 is 1.67 bits per heavy atom. The predicted octanol–water partition coefficient (Wildman–Crippen LogP) is -1.84. The van der Waals surface area contributed by atoms with Gasteiger partial charge in [0.25, 0.3) is 0 Å². The fourth-order valence-electron chi connectivity index (χ4n) is 8.40. The third kappa shape index (κ3) is 25.5. The lowest BCUT2D eigenvalue weighted by Gasteiger charge is -2.28. The van der Waals surface area contributed by atoms with Crippen LogP contribution in [0.2, 0.25) is 0 Å². The summed E-state index contributed by atoms with van der Waals surface area (Å²) in [6.45, 7) is 8.55. The Kier molecular flexibility index (Phi) is 31.6. The molecule has 9 amide bonds. The first-order valence-electron chi connectivity index (χ1n) is 26.6. The Morgan fingerprint density at radius 2 is 1.13 bits per heavy atom. The second kappa shape index (κ2) is 36.2. The number of carbonyl (C=O) groups is 9. The molecule has 1 saturated heterocycles. The zero-order valence-electron chi connectivity index (χ0n) is 44.7. The number of benzene rings is 1. The molecule has 1 aromatic carbocycles. The van der Waals surface area contributed by atoms with E-state index in [9.17, 15) is 48.3 Å². The summed E-state index contributed by atoms with van der Waals surface area (Å²) >= 11 is 0. The van der Waals surface area contributed by atoms with Crippen LogP contribution in [0.15, 0.2) is 30.3 Å². The number of unbranched alkanes of at least 4 members (excludes halogenated alkanes) is 4. The fourth-order valence-corrected chi connectivity index (χ4v) is 8.40. The van der Waals surface area contributed by atoms with E-state index in [1.165, 1.54) is 0 Å². The van der Waals surface area contributed by atoms with E-state index in [0.29, 0.717) is 24.8 Å². The van der Waals surface area contributed by atoms with Crippen LogP contribution in [0.1, 0.15) is 130 Å². The average Bonchev–Trinajstić information content (AvgIpc) is 3.35. The van der Waals surface area contributed by atoms with E-state index in [-0.39, 0.29) is 89.4 Å². The molecule has 0 radical (unpaired) electrons. The van der Waals surface area contributed by atoms with E-state index in [0.717, 1.165) is 25.7 Å². The summed E-state index contributed by atoms with van der Waals surface area (Å²) in [5, 5.41) is 34.6. The first-order chi connectivity index (χ1) is 35.8. The molecule has 1 fully saturated rings. The van der Waals surface area contributed by atoms with Crippen LogP contribution in [-0.2, 0) is 54.4 Å². The second-order valence-corrected chi connectivity index (χ2v) is 20.1. The maximum Gasteiger partial charge on any atom is 0.245 e. The summed E-state index contributed by atoms with van der Waals surface area (Å²) in [6, 6.07) is -1.88. The van der Waals surface area contributed by atoms with Crippen molar-refractivity contribution in [2.24, 2.45) is 34.9 Å². The van der Waals surface area contributed by atoms with Crippen molar-refractivity contribution in [3.05, 3.63) is 35.9 Å². The summed E-state index contributed by atoms with van der Waals surface area (Å²) in [5.74, 6) is -1.95. The van der Waals surface area contributed by atoms with Crippen LogP contribution in [0.25, 0.3) is 0 Å². The number of aliphatic hydroxyl groups excluding tert-OH is 1. The summed E-state index contributed by atoms with van der Waals surface area (Å²) in [6.07, 6.45) is 3.75. The van der Waals surface area contributed by atoms with Crippen molar-refractivity contribution in [3.8, 4) is 0 Å². The lowest BCUT2D eigenvalue weighted by atomic mass is 10.00. The van der Waals surface area contributed by atoms with Crippen molar-refractivity contribution in [1.82, 2.24) is 47.9 Å². The standard InChI is InChI=1S/C51H89N13O11/c1-6-7-8-9-13-17-34(65)29-43(66)57-42(30-75-55)51(74)61-38-21-25-56-44(67)39(26-31(2)3)62-45(68)35(18-14-22-52)58-46(69)36(19-23-53)60-49(72)40(27-32(4)5)63-50(73)41(28-33-15-11-10-12-16-33)64-47(70)37(20-24-54)59-48(38)71/h10-12,15-16,31-32,34-42,65H,6-9,13-14,17-30,52-55H2,1-5H3,(H,56,67)(H,57,66)(H,58,69)(H,59,71)(H,60,72)(H,61,74)(H,62,68)(H,63,73)(H,64,70)/t34-,35+,36+,37+,38+,39+,40+,41-,42-/m1/s1. The Balaban J connectivity index is 2.70. The van der Waals surface area contributed by atoms with Gasteiger partial charge in [0.1, 0.15) is 48.3 Å². The van der Waals surface area contributed by atoms with Crippen molar-refractivity contribution < 1.29 is 53.1 Å². The number of amides is 9. The first kappa shape index (κ1) is 65.3. The van der Waals surface area contributed by atoms with Crippen molar-refractivity contribution in [2.45, 2.75) is 185 Å². The summed E-state index contributed by atoms with van der Waals surface area (Å²) in [7, 11) is 0. The molecule has 1 aliphatic rings. The molecule has 0 aromatic heterocycles. The smallest absolute Gasteiger partial charge is 0.245 e. The number of aliphatic hydroxyl groups is 1. The van der Waals surface area contributed by atoms with E-state index in [2.05, 4.69) is 54.8 Å². The molecule has 0 aliphatic carbocycles. The quantitative estimate of drug-likeness (QED) is 0.0358. The largest absolute Gasteiger partial charge is 0.393 e. The minimum Gasteiger partial charge on any atom is -0.393 e. The summed E-state index contributed by atoms with van der Waals surface area (Å²) < 4.78 is 0. The molecule has 24 nitrogen and oxygen atoms in total. The van der Waals surface area contributed by atoms with Crippen molar-refractivity contribution in [3.63, 3.8) is 0 Å². The molecule has 0 saturated carbocycles. The number of hydrogen-bond donors (Lipinski definition) is 14. The average molecular weight is 1060 g/mol. The number of nitrogens with two attached hydrogens (primary N) is 4. The normalized spacial score (nSPS) is 22.9. The van der Waals surface area contributed by atoms with Gasteiger partial charge in [0.05, 0.1) is 19.1 Å². The maximum atomic E-state index is 14.4. The fraction of sp³-hybridized carbons (Fsp3) is 0.706. The van der Waals surface area contributed by atoms with E-state index < -0.39 is 114 Å². The van der Waals surface area contributed by atoms with Gasteiger partial charge in [-0.05, 0) is 88.4 Å². The molecule has 0 unspecified atom stereocenters. The molecular weight excluding hydrogens is 971 g/mol. The number of carbonyl (C=O) groups excluding carboxylic acids is 9. The van der Waals surface area contributed by atoms with Crippen LogP contribution in [0, 0.1) is 11.8 Å². The van der Waals surface area contributed by atoms with Gasteiger partial charge in [-0.25, -0.2) is 5.90 Å². The zero-order chi connectivity index (χ0) is 55.9. The molecule has 0 bridgehead atoms. The highest BCUT2D eigenvalue weighted by molar-refractivity contribution is 5.98. The molecule has 2 rings (SSSR count). The van der Waals surface area contributed by atoms with Crippen molar-refractivity contribution in [2.75, 3.05) is 32.8 Å². The third-order valence-electron chi connectivity index (χ3n) is 12.4. The Bertz CT molecular complexity index is 1950. The molecule has 424 valence electrons. The highest BCUT2D eigenvalue weighted by Gasteiger charge is 2.36. The molecule has 75 heavy (non-hydrogen) atoms. The molecule has 18 N–H and O–H groups in total. The van der Waals surface area contributed by atoms with Crippen LogP contribution >= 0.6 is 0 Å². The van der Waals surface area contributed by atoms with E-state index >= 15 is 0 Å². The molecule has 9 atom stereocenters. The zero-order valence-corrected chi connectivity index (χ0v) is 44.7. The highest BCUT2D eigenvalue weighted by atomic mass is 16.6. The third-order valence-corrected chi connectivity index (χ3v) is 12.4. The van der Waals surface area contributed by atoms with Gasteiger partial charge in [-0.2, -0.15) is 0 Å². The molecule has 24 heteroatoms. The van der Waals surface area contributed by atoms with Gasteiger partial charge in [-0.3, -0.25) is 43.2 Å². The van der Waals surface area contributed by atoms with Crippen LogP contribution in [0.4, 0.5) is 0 Å². The van der Waals surface area contributed by atoms with Crippen LogP contribution in [-0.4, -0.2) is 145 Å². The molecule has 1 aromatic rings. The Morgan fingerprint density at radius 1 is 0.640 bits per heavy atom. The molecular formula is C51H89N13O11. The van der Waals surface area contributed by atoms with E-state index in [1.54, 1.807) is 30.3 Å². The Hall–Kier alpha value is -5.79. The number of hydrogen-bond acceptors (Lipinski definition) is 15. The number of rotatable bonds is 26.